The smallest absolute Gasteiger partial charge is 0.330 e. The molecule has 9 heteroatoms. The van der Waals surface area contributed by atoms with Crippen molar-refractivity contribution >= 4 is 0 Å². The van der Waals surface area contributed by atoms with Gasteiger partial charge in [0.05, 0.1) is 25.9 Å². The number of aliphatic hydroxyl groups is 2. The fraction of sp³-hybridized carbons (Fsp3) is 0.692. The molecule has 9 nitrogen and oxygen atoms in total. The Kier molecular flexibility index (Phi) is 4.41. The number of aromatic amines is 1. The van der Waals surface area contributed by atoms with Gasteiger partial charge in [-0.3, -0.25) is 19.2 Å². The molecule has 2 aliphatic rings. The standard InChI is InChI=1S/C13H19N3O6/c17-7-8-10(15-3-5-21-6-4-15)11(19)12(22-8)16-2-1-9(18)14-13(16)20/h1-2,8,10-12,17,19H,3-7H2,(H,14,18,20)/t8-,10-,11+,12-/m1/s1. The average molecular weight is 313 g/mol. The molecule has 0 unspecified atom stereocenters. The number of ether oxygens (including phenoxy) is 2. The Labute approximate surface area is 125 Å². The second kappa shape index (κ2) is 6.31. The molecule has 0 bridgehead atoms. The summed E-state index contributed by atoms with van der Waals surface area (Å²) in [5, 5.41) is 20.1. The van der Waals surface area contributed by atoms with Gasteiger partial charge in [-0.2, -0.15) is 0 Å². The van der Waals surface area contributed by atoms with Crippen LogP contribution in [0.5, 0.6) is 0 Å². The summed E-state index contributed by atoms with van der Waals surface area (Å²) in [4.78, 5) is 27.1. The maximum atomic E-state index is 11.9. The Morgan fingerprint density at radius 1 is 1.32 bits per heavy atom. The fourth-order valence-corrected chi connectivity index (χ4v) is 3.06. The molecular formula is C13H19N3O6. The lowest BCUT2D eigenvalue weighted by molar-refractivity contribution is -0.0558. The predicted octanol–water partition coefficient (Wildman–Crippen LogP) is -2.51. The molecule has 4 atom stereocenters. The summed E-state index contributed by atoms with van der Waals surface area (Å²) in [5.74, 6) is 0. The quantitative estimate of drug-likeness (QED) is 0.564. The van der Waals surface area contributed by atoms with Gasteiger partial charge in [-0.1, -0.05) is 0 Å². The van der Waals surface area contributed by atoms with Crippen molar-refractivity contribution in [3.8, 4) is 0 Å². The van der Waals surface area contributed by atoms with E-state index >= 15 is 0 Å². The van der Waals surface area contributed by atoms with Crippen molar-refractivity contribution in [2.24, 2.45) is 0 Å². The largest absolute Gasteiger partial charge is 0.394 e. The first-order valence-electron chi connectivity index (χ1n) is 7.19. The van der Waals surface area contributed by atoms with Crippen LogP contribution in [0, 0.1) is 0 Å². The second-order valence-corrected chi connectivity index (χ2v) is 5.39. The van der Waals surface area contributed by atoms with E-state index in [2.05, 4.69) is 4.98 Å². The highest BCUT2D eigenvalue weighted by Crippen LogP contribution is 2.31. The topological polar surface area (TPSA) is 117 Å². The maximum Gasteiger partial charge on any atom is 0.330 e. The molecule has 2 fully saturated rings. The van der Waals surface area contributed by atoms with E-state index in [0.29, 0.717) is 26.3 Å². The number of morpholine rings is 1. The Balaban J connectivity index is 1.88. The van der Waals surface area contributed by atoms with E-state index in [1.807, 2.05) is 4.90 Å². The summed E-state index contributed by atoms with van der Waals surface area (Å²) in [6, 6.07) is 0.755. The molecule has 2 aliphatic heterocycles. The first-order chi connectivity index (χ1) is 10.6. The first-order valence-corrected chi connectivity index (χ1v) is 7.19. The van der Waals surface area contributed by atoms with E-state index in [1.54, 1.807) is 0 Å². The zero-order valence-electron chi connectivity index (χ0n) is 11.9. The highest BCUT2D eigenvalue weighted by atomic mass is 16.5. The highest BCUT2D eigenvalue weighted by molar-refractivity contribution is 4.98. The van der Waals surface area contributed by atoms with Crippen LogP contribution < -0.4 is 11.2 Å². The maximum absolute atomic E-state index is 11.9. The van der Waals surface area contributed by atoms with E-state index < -0.39 is 35.7 Å². The number of aromatic nitrogens is 2. The van der Waals surface area contributed by atoms with Gasteiger partial charge in [0.25, 0.3) is 5.56 Å². The van der Waals surface area contributed by atoms with Gasteiger partial charge in [0, 0.05) is 25.4 Å². The summed E-state index contributed by atoms with van der Waals surface area (Å²) in [6.07, 6.45) is -1.28. The fourth-order valence-electron chi connectivity index (χ4n) is 3.06. The number of aliphatic hydroxyl groups excluding tert-OH is 2. The van der Waals surface area contributed by atoms with Gasteiger partial charge in [0.15, 0.2) is 6.23 Å². The van der Waals surface area contributed by atoms with Crippen molar-refractivity contribution in [3.05, 3.63) is 33.1 Å². The van der Waals surface area contributed by atoms with Gasteiger partial charge in [-0.15, -0.1) is 0 Å². The molecule has 0 amide bonds. The van der Waals surface area contributed by atoms with Gasteiger partial charge < -0.3 is 19.7 Å². The van der Waals surface area contributed by atoms with E-state index in [0.717, 1.165) is 4.57 Å². The van der Waals surface area contributed by atoms with Gasteiger partial charge in [0.2, 0.25) is 0 Å². The molecule has 0 aromatic carbocycles. The van der Waals surface area contributed by atoms with Crippen LogP contribution in [-0.2, 0) is 9.47 Å². The summed E-state index contributed by atoms with van der Waals surface area (Å²) >= 11 is 0. The molecule has 3 rings (SSSR count). The summed E-state index contributed by atoms with van der Waals surface area (Å²) < 4.78 is 12.1. The first kappa shape index (κ1) is 15.4. The minimum atomic E-state index is -1.00. The lowest BCUT2D eigenvalue weighted by atomic mass is 10.0. The Bertz CT molecular complexity index is 623. The average Bonchev–Trinajstić information content (AvgIpc) is 2.85. The van der Waals surface area contributed by atoms with Gasteiger partial charge in [-0.05, 0) is 0 Å². The van der Waals surface area contributed by atoms with Gasteiger partial charge >= 0.3 is 5.69 Å². The Morgan fingerprint density at radius 3 is 2.68 bits per heavy atom. The van der Waals surface area contributed by atoms with E-state index in [4.69, 9.17) is 9.47 Å². The minimum Gasteiger partial charge on any atom is -0.394 e. The van der Waals surface area contributed by atoms with Crippen molar-refractivity contribution in [1.82, 2.24) is 14.5 Å². The van der Waals surface area contributed by atoms with Crippen molar-refractivity contribution in [1.29, 1.82) is 0 Å². The summed E-state index contributed by atoms with van der Waals surface area (Å²) in [7, 11) is 0. The van der Waals surface area contributed by atoms with Crippen molar-refractivity contribution in [2.45, 2.75) is 24.5 Å². The van der Waals surface area contributed by atoms with Crippen LogP contribution in [-0.4, -0.2) is 75.8 Å². The molecule has 2 saturated heterocycles. The number of H-pyrrole nitrogens is 1. The number of rotatable bonds is 3. The van der Waals surface area contributed by atoms with Gasteiger partial charge in [-0.25, -0.2) is 4.79 Å². The molecule has 0 spiro atoms. The van der Waals surface area contributed by atoms with Gasteiger partial charge in [0.1, 0.15) is 12.2 Å². The third-order valence-corrected chi connectivity index (χ3v) is 4.11. The number of hydrogen-bond donors (Lipinski definition) is 3. The SMILES string of the molecule is O=c1ccn([C@@H]2O[C@H](CO)[C@@H](N3CCOCC3)[C@@H]2O)c(=O)[nH]1. The molecule has 0 saturated carbocycles. The summed E-state index contributed by atoms with van der Waals surface area (Å²) in [6.45, 7) is 2.06. The molecule has 3 heterocycles. The minimum absolute atomic E-state index is 0.270. The van der Waals surface area contributed by atoms with Crippen LogP contribution in [0.4, 0.5) is 0 Å². The Hall–Kier alpha value is -1.52. The molecule has 3 N–H and O–H groups in total. The molecule has 1 aromatic rings. The third-order valence-electron chi connectivity index (χ3n) is 4.11. The highest BCUT2D eigenvalue weighted by Gasteiger charge is 2.47. The van der Waals surface area contributed by atoms with Crippen LogP contribution in [0.2, 0.25) is 0 Å². The third kappa shape index (κ3) is 2.73. The monoisotopic (exact) mass is 313 g/mol. The molecule has 22 heavy (non-hydrogen) atoms. The Morgan fingerprint density at radius 2 is 2.05 bits per heavy atom. The molecular weight excluding hydrogens is 294 g/mol. The number of hydrogen-bond acceptors (Lipinski definition) is 7. The van der Waals surface area contributed by atoms with Crippen LogP contribution in [0.3, 0.4) is 0 Å². The molecule has 1 aromatic heterocycles. The molecule has 0 aliphatic carbocycles. The van der Waals surface area contributed by atoms with E-state index in [9.17, 15) is 19.8 Å². The number of nitrogens with one attached hydrogen (secondary N) is 1. The van der Waals surface area contributed by atoms with E-state index in [-0.39, 0.29) is 6.61 Å². The molecule has 0 radical (unpaired) electrons. The van der Waals surface area contributed by atoms with Crippen LogP contribution in [0.15, 0.2) is 21.9 Å². The lowest BCUT2D eigenvalue weighted by Gasteiger charge is -2.35. The zero-order valence-corrected chi connectivity index (χ0v) is 11.9. The van der Waals surface area contributed by atoms with Crippen LogP contribution >= 0.6 is 0 Å². The van der Waals surface area contributed by atoms with E-state index in [1.165, 1.54) is 12.3 Å². The van der Waals surface area contributed by atoms with Crippen LogP contribution in [0.25, 0.3) is 0 Å². The van der Waals surface area contributed by atoms with Crippen LogP contribution in [0.1, 0.15) is 6.23 Å². The summed E-state index contributed by atoms with van der Waals surface area (Å²) in [5.41, 5.74) is -1.17. The predicted molar refractivity (Wildman–Crippen MR) is 74.5 cm³/mol. The molecule has 122 valence electrons. The van der Waals surface area contributed by atoms with Crippen molar-refractivity contribution in [2.75, 3.05) is 32.9 Å². The zero-order chi connectivity index (χ0) is 15.7. The van der Waals surface area contributed by atoms with Crippen molar-refractivity contribution < 1.29 is 19.7 Å². The number of nitrogens with zero attached hydrogens (tertiary/aromatic N) is 2. The van der Waals surface area contributed by atoms with Crippen molar-refractivity contribution in [3.63, 3.8) is 0 Å². The lowest BCUT2D eigenvalue weighted by Crippen LogP contribution is -2.53. The second-order valence-electron chi connectivity index (χ2n) is 5.39. The normalized spacial score (nSPS) is 33.2.